The molecule has 2 nitrogen and oxygen atoms in total. The molecule has 0 bridgehead atoms. The molecule has 0 amide bonds. The lowest BCUT2D eigenvalue weighted by Crippen LogP contribution is -2.39. The van der Waals surface area contributed by atoms with Gasteiger partial charge < -0.3 is 5.11 Å². The molecule has 2 aromatic carbocycles. The van der Waals surface area contributed by atoms with Gasteiger partial charge in [-0.15, -0.1) is 11.8 Å². The van der Waals surface area contributed by atoms with Gasteiger partial charge in [0.15, 0.2) is 0 Å². The van der Waals surface area contributed by atoms with Crippen molar-refractivity contribution < 1.29 is 9.90 Å². The Kier molecular flexibility index (Phi) is 6.28. The third kappa shape index (κ3) is 5.14. The SMILES string of the molecule is CC(C)CC(Cc1ccccc1)(SCc1ccccc1)C(=O)O. The molecule has 0 fully saturated rings. The highest BCUT2D eigenvalue weighted by Gasteiger charge is 2.39. The summed E-state index contributed by atoms with van der Waals surface area (Å²) >= 11 is 1.55. The number of hydrogen-bond acceptors (Lipinski definition) is 2. The predicted molar refractivity (Wildman–Crippen MR) is 97.7 cm³/mol. The van der Waals surface area contributed by atoms with Crippen LogP contribution in [-0.4, -0.2) is 15.8 Å². The molecule has 0 aliphatic heterocycles. The minimum atomic E-state index is -0.786. The summed E-state index contributed by atoms with van der Waals surface area (Å²) in [6.45, 7) is 4.18. The average molecular weight is 328 g/mol. The first-order valence-electron chi connectivity index (χ1n) is 7.97. The van der Waals surface area contributed by atoms with Crippen molar-refractivity contribution in [1.82, 2.24) is 0 Å². The maximum atomic E-state index is 12.2. The molecular formula is C20H24O2S. The molecule has 0 radical (unpaired) electrons. The molecule has 0 spiro atoms. The summed E-state index contributed by atoms with van der Waals surface area (Å²) in [7, 11) is 0. The number of rotatable bonds is 8. The third-order valence-electron chi connectivity index (χ3n) is 3.82. The normalized spacial score (nSPS) is 13.7. The number of hydrogen-bond donors (Lipinski definition) is 1. The number of thioether (sulfide) groups is 1. The fourth-order valence-electron chi connectivity index (χ4n) is 2.79. The lowest BCUT2D eigenvalue weighted by molar-refractivity contribution is -0.140. The van der Waals surface area contributed by atoms with Gasteiger partial charge in [-0.2, -0.15) is 0 Å². The predicted octanol–water partition coefficient (Wildman–Crippen LogP) is 5.03. The van der Waals surface area contributed by atoms with Crippen LogP contribution in [0, 0.1) is 5.92 Å². The molecule has 1 unspecified atom stereocenters. The van der Waals surface area contributed by atoms with Crippen LogP contribution in [0.3, 0.4) is 0 Å². The van der Waals surface area contributed by atoms with Crippen LogP contribution in [0.2, 0.25) is 0 Å². The van der Waals surface area contributed by atoms with Crippen molar-refractivity contribution in [2.75, 3.05) is 0 Å². The van der Waals surface area contributed by atoms with Gasteiger partial charge in [-0.05, 0) is 29.9 Å². The molecule has 1 atom stereocenters. The van der Waals surface area contributed by atoms with E-state index in [0.29, 0.717) is 24.5 Å². The number of carbonyl (C=O) groups is 1. The molecule has 3 heteroatoms. The Bertz CT molecular complexity index is 610. The molecule has 0 saturated carbocycles. The van der Waals surface area contributed by atoms with Crippen LogP contribution in [0.15, 0.2) is 60.7 Å². The Morgan fingerprint density at radius 1 is 1.00 bits per heavy atom. The van der Waals surface area contributed by atoms with Crippen molar-refractivity contribution in [2.45, 2.75) is 37.2 Å². The number of benzene rings is 2. The van der Waals surface area contributed by atoms with Crippen molar-refractivity contribution in [3.05, 3.63) is 71.8 Å². The summed E-state index contributed by atoms with van der Waals surface area (Å²) in [5.41, 5.74) is 2.25. The van der Waals surface area contributed by atoms with E-state index in [9.17, 15) is 9.90 Å². The summed E-state index contributed by atoms with van der Waals surface area (Å²) in [4.78, 5) is 12.2. The second kappa shape index (κ2) is 8.21. The van der Waals surface area contributed by atoms with Crippen molar-refractivity contribution >= 4 is 17.7 Å². The highest BCUT2D eigenvalue weighted by molar-refractivity contribution is 8.00. The number of aliphatic carboxylic acids is 1. The van der Waals surface area contributed by atoms with Crippen LogP contribution in [0.25, 0.3) is 0 Å². The molecule has 2 rings (SSSR count). The van der Waals surface area contributed by atoms with Crippen molar-refractivity contribution in [1.29, 1.82) is 0 Å². The standard InChI is InChI=1S/C20H24O2S/c1-16(2)13-20(19(21)22,14-17-9-5-3-6-10-17)23-15-18-11-7-4-8-12-18/h3-12,16H,13-15H2,1-2H3,(H,21,22). The minimum absolute atomic E-state index is 0.332. The van der Waals surface area contributed by atoms with Gasteiger partial charge in [0.2, 0.25) is 0 Å². The van der Waals surface area contributed by atoms with E-state index in [2.05, 4.69) is 26.0 Å². The van der Waals surface area contributed by atoms with Crippen LogP contribution < -0.4 is 0 Å². The van der Waals surface area contributed by atoms with E-state index in [0.717, 1.165) is 5.56 Å². The van der Waals surface area contributed by atoms with Gasteiger partial charge in [0, 0.05) is 5.75 Å². The monoisotopic (exact) mass is 328 g/mol. The second-order valence-corrected chi connectivity index (χ2v) is 7.69. The van der Waals surface area contributed by atoms with Crippen molar-refractivity contribution in [2.24, 2.45) is 5.92 Å². The summed E-state index contributed by atoms with van der Waals surface area (Å²) in [5.74, 6) is 0.334. The van der Waals surface area contributed by atoms with E-state index in [1.807, 2.05) is 48.5 Å². The topological polar surface area (TPSA) is 37.3 Å². The van der Waals surface area contributed by atoms with Crippen LogP contribution in [0.5, 0.6) is 0 Å². The molecule has 0 aliphatic carbocycles. The Labute approximate surface area is 142 Å². The lowest BCUT2D eigenvalue weighted by Gasteiger charge is -2.31. The smallest absolute Gasteiger partial charge is 0.320 e. The van der Waals surface area contributed by atoms with Gasteiger partial charge in [-0.1, -0.05) is 74.5 Å². The number of carboxylic acids is 1. The minimum Gasteiger partial charge on any atom is -0.480 e. The molecule has 0 aliphatic rings. The van der Waals surface area contributed by atoms with Crippen LogP contribution >= 0.6 is 11.8 Å². The Morgan fingerprint density at radius 3 is 2.00 bits per heavy atom. The molecular weight excluding hydrogens is 304 g/mol. The van der Waals surface area contributed by atoms with E-state index in [1.54, 1.807) is 11.8 Å². The fraction of sp³-hybridized carbons (Fsp3) is 0.350. The van der Waals surface area contributed by atoms with Crippen LogP contribution in [0.4, 0.5) is 0 Å². The molecule has 2 aromatic rings. The molecule has 0 aromatic heterocycles. The van der Waals surface area contributed by atoms with Gasteiger partial charge >= 0.3 is 5.97 Å². The first kappa shape index (κ1) is 17.6. The first-order chi connectivity index (χ1) is 11.0. The summed E-state index contributed by atoms with van der Waals surface area (Å²) in [6, 6.07) is 20.0. The van der Waals surface area contributed by atoms with Gasteiger partial charge in [0.1, 0.15) is 4.75 Å². The average Bonchev–Trinajstić information content (AvgIpc) is 2.54. The largest absolute Gasteiger partial charge is 0.480 e. The van der Waals surface area contributed by atoms with E-state index in [-0.39, 0.29) is 0 Å². The Balaban J connectivity index is 2.23. The highest BCUT2D eigenvalue weighted by Crippen LogP contribution is 2.38. The van der Waals surface area contributed by atoms with E-state index in [1.165, 1.54) is 5.56 Å². The molecule has 23 heavy (non-hydrogen) atoms. The highest BCUT2D eigenvalue weighted by atomic mass is 32.2. The third-order valence-corrected chi connectivity index (χ3v) is 5.33. The number of carboxylic acid groups (broad SMARTS) is 1. The zero-order valence-corrected chi connectivity index (χ0v) is 14.6. The molecule has 122 valence electrons. The quantitative estimate of drug-likeness (QED) is 0.738. The Morgan fingerprint density at radius 2 is 1.52 bits per heavy atom. The van der Waals surface area contributed by atoms with Gasteiger partial charge in [-0.25, -0.2) is 0 Å². The summed E-state index contributed by atoms with van der Waals surface area (Å²) in [6.07, 6.45) is 1.22. The maximum Gasteiger partial charge on any atom is 0.320 e. The lowest BCUT2D eigenvalue weighted by atomic mass is 9.90. The molecule has 0 saturated heterocycles. The van der Waals surface area contributed by atoms with E-state index in [4.69, 9.17) is 0 Å². The molecule has 0 heterocycles. The summed E-state index contributed by atoms with van der Waals surface area (Å²) in [5, 5.41) is 9.99. The Hall–Kier alpha value is -1.74. The molecule has 1 N–H and O–H groups in total. The van der Waals surface area contributed by atoms with E-state index < -0.39 is 10.7 Å². The zero-order chi connectivity index (χ0) is 16.7. The van der Waals surface area contributed by atoms with Gasteiger partial charge in [0.05, 0.1) is 0 Å². The van der Waals surface area contributed by atoms with Crippen LogP contribution in [0.1, 0.15) is 31.4 Å². The second-order valence-electron chi connectivity index (χ2n) is 6.33. The van der Waals surface area contributed by atoms with Crippen molar-refractivity contribution in [3.8, 4) is 0 Å². The van der Waals surface area contributed by atoms with Crippen LogP contribution in [-0.2, 0) is 17.0 Å². The first-order valence-corrected chi connectivity index (χ1v) is 8.95. The van der Waals surface area contributed by atoms with Gasteiger partial charge in [-0.3, -0.25) is 4.79 Å². The maximum absolute atomic E-state index is 12.2. The van der Waals surface area contributed by atoms with Gasteiger partial charge in [0.25, 0.3) is 0 Å². The summed E-state index contributed by atoms with van der Waals surface area (Å²) < 4.78 is -0.786. The van der Waals surface area contributed by atoms with Crippen molar-refractivity contribution in [3.63, 3.8) is 0 Å². The van der Waals surface area contributed by atoms with E-state index >= 15 is 0 Å². The fourth-order valence-corrected chi connectivity index (χ4v) is 4.27. The zero-order valence-electron chi connectivity index (χ0n) is 13.7.